The summed E-state index contributed by atoms with van der Waals surface area (Å²) in [7, 11) is 0. The summed E-state index contributed by atoms with van der Waals surface area (Å²) in [6, 6.07) is 5.62. The molecule has 23 heavy (non-hydrogen) atoms. The van der Waals surface area contributed by atoms with Gasteiger partial charge in [-0.1, -0.05) is 0 Å². The second kappa shape index (κ2) is 5.25. The van der Waals surface area contributed by atoms with Crippen LogP contribution in [0.3, 0.4) is 0 Å². The van der Waals surface area contributed by atoms with E-state index >= 15 is 0 Å². The molecule has 1 aromatic carbocycles. The van der Waals surface area contributed by atoms with Crippen molar-refractivity contribution in [2.45, 2.75) is 12.8 Å². The lowest BCUT2D eigenvalue weighted by Gasteiger charge is -2.11. The number of carbonyl (C=O) groups is 2. The monoisotopic (exact) mass is 312 g/mol. The van der Waals surface area contributed by atoms with E-state index in [-0.39, 0.29) is 22.7 Å². The molecule has 1 aromatic heterocycles. The lowest BCUT2D eigenvalue weighted by Crippen LogP contribution is -2.34. The molecule has 1 aliphatic heterocycles. The Labute approximate surface area is 130 Å². The average molecular weight is 312 g/mol. The van der Waals surface area contributed by atoms with Crippen LogP contribution in [-0.2, 0) is 4.79 Å². The molecule has 1 amide bonds. The van der Waals surface area contributed by atoms with E-state index in [2.05, 4.69) is 4.98 Å². The molecule has 2 aromatic rings. The molecule has 0 radical (unpaired) electrons. The van der Waals surface area contributed by atoms with E-state index in [1.54, 1.807) is 13.0 Å². The fraction of sp³-hybridized carbons (Fsp3) is 0.133. The predicted octanol–water partition coefficient (Wildman–Crippen LogP) is 1.54. The Bertz CT molecular complexity index is 835. The number of aromatic nitrogens is 1. The highest BCUT2D eigenvalue weighted by Gasteiger charge is 2.36. The van der Waals surface area contributed by atoms with Crippen LogP contribution >= 0.6 is 0 Å². The Morgan fingerprint density at radius 3 is 2.78 bits per heavy atom. The van der Waals surface area contributed by atoms with Crippen molar-refractivity contribution in [2.24, 2.45) is 5.84 Å². The molecule has 2 N–H and O–H groups in total. The zero-order valence-electron chi connectivity index (χ0n) is 12.1. The molecule has 0 saturated heterocycles. The van der Waals surface area contributed by atoms with E-state index in [4.69, 9.17) is 5.84 Å². The average Bonchev–Trinajstić information content (AvgIpc) is 2.78. The first kappa shape index (κ1) is 14.8. The topological polar surface area (TPSA) is 119 Å². The minimum atomic E-state index is -0.639. The van der Waals surface area contributed by atoms with Crippen LogP contribution < -0.4 is 10.9 Å². The Hall–Kier alpha value is -3.13. The van der Waals surface area contributed by atoms with Crippen LogP contribution in [0, 0.1) is 10.1 Å². The first-order valence-corrected chi connectivity index (χ1v) is 6.77. The van der Waals surface area contributed by atoms with Crippen molar-refractivity contribution < 1.29 is 14.5 Å². The van der Waals surface area contributed by atoms with Crippen molar-refractivity contribution in [1.82, 2.24) is 4.98 Å². The molecule has 0 aliphatic carbocycles. The van der Waals surface area contributed by atoms with Gasteiger partial charge in [-0.2, -0.15) is 0 Å². The number of nitrogens with two attached hydrogens (primary N) is 1. The highest BCUT2D eigenvalue weighted by molar-refractivity contribution is 6.13. The molecule has 1 atom stereocenters. The van der Waals surface area contributed by atoms with Gasteiger partial charge >= 0.3 is 0 Å². The highest BCUT2D eigenvalue weighted by Crippen LogP contribution is 2.39. The van der Waals surface area contributed by atoms with Crippen LogP contribution in [-0.4, -0.2) is 21.6 Å². The fourth-order valence-corrected chi connectivity index (χ4v) is 2.59. The molecule has 8 heteroatoms. The van der Waals surface area contributed by atoms with E-state index in [1.807, 2.05) is 0 Å². The van der Waals surface area contributed by atoms with Gasteiger partial charge in [0.1, 0.15) is 5.56 Å². The molecule has 0 spiro atoms. The molecule has 0 fully saturated rings. The molecule has 116 valence electrons. The molecule has 1 unspecified atom stereocenters. The lowest BCUT2D eigenvalue weighted by molar-refractivity contribution is -0.385. The summed E-state index contributed by atoms with van der Waals surface area (Å²) in [5.41, 5.74) is 0.482. The second-order valence-electron chi connectivity index (χ2n) is 5.19. The van der Waals surface area contributed by atoms with Crippen LogP contribution in [0.5, 0.6) is 0 Å². The van der Waals surface area contributed by atoms with Gasteiger partial charge in [0.25, 0.3) is 5.69 Å². The maximum Gasteiger partial charge on any atom is 0.281 e. The first-order valence-electron chi connectivity index (χ1n) is 6.77. The van der Waals surface area contributed by atoms with Gasteiger partial charge in [-0.25, -0.2) is 10.9 Å². The van der Waals surface area contributed by atoms with Crippen molar-refractivity contribution in [3.63, 3.8) is 0 Å². The van der Waals surface area contributed by atoms with Crippen molar-refractivity contribution >= 4 is 23.1 Å². The molecular weight excluding hydrogens is 300 g/mol. The normalized spacial score (nSPS) is 16.3. The van der Waals surface area contributed by atoms with E-state index in [0.29, 0.717) is 11.3 Å². The van der Waals surface area contributed by atoms with Crippen molar-refractivity contribution in [3.05, 3.63) is 63.5 Å². The second-order valence-corrected chi connectivity index (χ2v) is 5.19. The summed E-state index contributed by atoms with van der Waals surface area (Å²) >= 11 is 0. The van der Waals surface area contributed by atoms with Gasteiger partial charge in [0.2, 0.25) is 11.7 Å². The standard InChI is InChI=1S/C15H12N4O4/c1-8-10-5-13(19(22)23)11(6-12(10)18(16)15(8)21)14(20)9-3-2-4-17-7-9/h2-8H,16H2,1H3. The van der Waals surface area contributed by atoms with Gasteiger partial charge in [-0.05, 0) is 30.7 Å². The van der Waals surface area contributed by atoms with Crippen LogP contribution in [0.4, 0.5) is 11.4 Å². The number of hydrogen-bond donors (Lipinski definition) is 1. The number of benzene rings is 1. The molecule has 8 nitrogen and oxygen atoms in total. The summed E-state index contributed by atoms with van der Waals surface area (Å²) in [4.78, 5) is 39.0. The van der Waals surface area contributed by atoms with Crippen molar-refractivity contribution in [2.75, 3.05) is 5.01 Å². The molecule has 2 heterocycles. The third-order valence-electron chi connectivity index (χ3n) is 3.84. The zero-order valence-corrected chi connectivity index (χ0v) is 12.1. The summed E-state index contributed by atoms with van der Waals surface area (Å²) in [6.45, 7) is 1.61. The Kier molecular flexibility index (Phi) is 3.38. The number of fused-ring (bicyclic) bond motifs is 1. The smallest absolute Gasteiger partial charge is 0.281 e. The summed E-state index contributed by atoms with van der Waals surface area (Å²) in [5, 5.41) is 12.3. The molecule has 0 bridgehead atoms. The number of nitrogens with zero attached hydrogens (tertiary/aromatic N) is 3. The number of rotatable bonds is 3. The van der Waals surface area contributed by atoms with Gasteiger partial charge in [0, 0.05) is 24.0 Å². The summed E-state index contributed by atoms with van der Waals surface area (Å²) in [6.07, 6.45) is 2.82. The number of hydrogen-bond acceptors (Lipinski definition) is 6. The van der Waals surface area contributed by atoms with Gasteiger partial charge < -0.3 is 0 Å². The van der Waals surface area contributed by atoms with Gasteiger partial charge in [-0.15, -0.1) is 0 Å². The van der Waals surface area contributed by atoms with Crippen LogP contribution in [0.15, 0.2) is 36.7 Å². The zero-order chi connectivity index (χ0) is 16.7. The number of nitro benzene ring substituents is 1. The Morgan fingerprint density at radius 2 is 2.17 bits per heavy atom. The highest BCUT2D eigenvalue weighted by atomic mass is 16.6. The van der Waals surface area contributed by atoms with E-state index in [9.17, 15) is 19.7 Å². The molecule has 0 saturated carbocycles. The Morgan fingerprint density at radius 1 is 1.43 bits per heavy atom. The van der Waals surface area contributed by atoms with Crippen LogP contribution in [0.2, 0.25) is 0 Å². The molecule has 3 rings (SSSR count). The first-order chi connectivity index (χ1) is 10.9. The number of pyridine rings is 1. The maximum atomic E-state index is 12.6. The van der Waals surface area contributed by atoms with E-state index in [0.717, 1.165) is 5.01 Å². The molecular formula is C15H12N4O4. The fourth-order valence-electron chi connectivity index (χ4n) is 2.59. The largest absolute Gasteiger partial charge is 0.288 e. The molecule has 1 aliphatic rings. The third-order valence-corrected chi connectivity index (χ3v) is 3.84. The van der Waals surface area contributed by atoms with E-state index < -0.39 is 16.6 Å². The van der Waals surface area contributed by atoms with Crippen molar-refractivity contribution in [1.29, 1.82) is 0 Å². The van der Waals surface area contributed by atoms with Crippen molar-refractivity contribution in [3.8, 4) is 0 Å². The van der Waals surface area contributed by atoms with Crippen LogP contribution in [0.1, 0.15) is 34.3 Å². The number of nitro groups is 1. The number of ketones is 1. The van der Waals surface area contributed by atoms with Gasteiger partial charge in [0.05, 0.1) is 16.5 Å². The Balaban J connectivity index is 2.20. The lowest BCUT2D eigenvalue weighted by atomic mass is 9.96. The third kappa shape index (κ3) is 2.25. The number of carbonyl (C=O) groups excluding carboxylic acids is 2. The quantitative estimate of drug-likeness (QED) is 0.302. The number of amides is 1. The maximum absolute atomic E-state index is 12.6. The number of hydrazine groups is 1. The number of anilines is 1. The van der Waals surface area contributed by atoms with Gasteiger partial charge in [-0.3, -0.25) is 24.7 Å². The predicted molar refractivity (Wildman–Crippen MR) is 80.9 cm³/mol. The minimum absolute atomic E-state index is 0.126. The SMILES string of the molecule is CC1C(=O)N(N)c2cc(C(=O)c3cccnc3)c([N+](=O)[O-])cc21. The summed E-state index contributed by atoms with van der Waals surface area (Å²) < 4.78 is 0. The minimum Gasteiger partial charge on any atom is -0.288 e. The van der Waals surface area contributed by atoms with E-state index in [1.165, 1.54) is 30.6 Å². The summed E-state index contributed by atoms with van der Waals surface area (Å²) in [5.74, 6) is 4.19. The van der Waals surface area contributed by atoms with Gasteiger partial charge in [0.15, 0.2) is 0 Å². The van der Waals surface area contributed by atoms with Crippen LogP contribution in [0.25, 0.3) is 0 Å².